The van der Waals surface area contributed by atoms with E-state index in [1.807, 2.05) is 12.1 Å². The Morgan fingerprint density at radius 2 is 1.93 bits per heavy atom. The molecule has 2 aliphatic rings. The van der Waals surface area contributed by atoms with Gasteiger partial charge >= 0.3 is 6.09 Å². The van der Waals surface area contributed by atoms with Gasteiger partial charge in [0, 0.05) is 38.0 Å². The first kappa shape index (κ1) is 22.2. The van der Waals surface area contributed by atoms with Crippen LogP contribution in [0.5, 0.6) is 11.5 Å². The molecular weight excluding hydrogens is 386 g/mol. The van der Waals surface area contributed by atoms with Crippen LogP contribution in [0.25, 0.3) is 0 Å². The fourth-order valence-electron chi connectivity index (χ4n) is 4.51. The quantitative estimate of drug-likeness (QED) is 0.692. The van der Waals surface area contributed by atoms with E-state index < -0.39 is 0 Å². The Bertz CT molecular complexity index is 733. The predicted octanol–water partition coefficient (Wildman–Crippen LogP) is 1.16. The Morgan fingerprint density at radius 3 is 2.60 bits per heavy atom. The molecule has 2 fully saturated rings. The summed E-state index contributed by atoms with van der Waals surface area (Å²) in [6.45, 7) is 4.83. The summed E-state index contributed by atoms with van der Waals surface area (Å²) >= 11 is 0. The third-order valence-corrected chi connectivity index (χ3v) is 6.07. The second-order valence-corrected chi connectivity index (χ2v) is 7.92. The van der Waals surface area contributed by atoms with Gasteiger partial charge in [-0.3, -0.25) is 4.79 Å². The molecule has 1 aromatic rings. The van der Waals surface area contributed by atoms with Crippen molar-refractivity contribution >= 4 is 12.0 Å². The molecule has 2 atom stereocenters. The van der Waals surface area contributed by atoms with Crippen LogP contribution in [0.15, 0.2) is 18.2 Å². The number of piperidine rings is 1. The largest absolute Gasteiger partial charge is 0.497 e. The van der Waals surface area contributed by atoms with E-state index in [0.717, 1.165) is 49.3 Å². The lowest BCUT2D eigenvalue weighted by molar-refractivity contribution is -0.910. The van der Waals surface area contributed by atoms with Crippen molar-refractivity contribution < 1.29 is 28.7 Å². The number of hydrogen-bond acceptors (Lipinski definition) is 5. The van der Waals surface area contributed by atoms with Gasteiger partial charge in [-0.1, -0.05) is 0 Å². The zero-order valence-electron chi connectivity index (χ0n) is 18.2. The van der Waals surface area contributed by atoms with Gasteiger partial charge < -0.3 is 29.3 Å². The molecule has 30 heavy (non-hydrogen) atoms. The predicted molar refractivity (Wildman–Crippen MR) is 112 cm³/mol. The third kappa shape index (κ3) is 5.36. The number of ether oxygens (including phenoxy) is 3. The fraction of sp³-hybridized carbons (Fsp3) is 0.636. The first-order valence-corrected chi connectivity index (χ1v) is 10.8. The van der Waals surface area contributed by atoms with Crippen LogP contribution >= 0.6 is 0 Å². The Kier molecular flexibility index (Phi) is 7.79. The summed E-state index contributed by atoms with van der Waals surface area (Å²) in [5.74, 6) is 1.64. The molecular formula is C22H34N3O5+. The van der Waals surface area contributed by atoms with E-state index in [4.69, 9.17) is 14.2 Å². The van der Waals surface area contributed by atoms with Crippen LogP contribution in [0.1, 0.15) is 44.2 Å². The average molecular weight is 421 g/mol. The number of benzene rings is 1. The molecule has 0 spiro atoms. The van der Waals surface area contributed by atoms with Gasteiger partial charge in [0.15, 0.2) is 6.54 Å². The van der Waals surface area contributed by atoms with Crippen LogP contribution in [0.2, 0.25) is 0 Å². The minimum absolute atomic E-state index is 0.0685. The van der Waals surface area contributed by atoms with Crippen molar-refractivity contribution in [2.75, 3.05) is 47.0 Å². The fourth-order valence-corrected chi connectivity index (χ4v) is 4.51. The number of likely N-dealkylation sites (tertiary alicyclic amines) is 2. The Labute approximate surface area is 178 Å². The van der Waals surface area contributed by atoms with Crippen LogP contribution in [-0.2, 0) is 9.53 Å². The molecule has 0 saturated carbocycles. The number of hydrogen-bond donors (Lipinski definition) is 2. The molecule has 2 aliphatic heterocycles. The standard InChI is InChI=1S/C22H33N3O5/c1-4-30-22(27)24-12-9-16(10-13-24)23-21(26)15-25-11-5-6-19(25)18-8-7-17(28-2)14-20(18)29-3/h7-8,14,16,19H,4-6,9-13,15H2,1-3H3,(H,23,26)/p+1/t19-/m0/s1. The normalized spacial score (nSPS) is 21.9. The molecule has 1 aromatic carbocycles. The van der Waals surface area contributed by atoms with Crippen LogP contribution in [-0.4, -0.2) is 69.9 Å². The number of quaternary nitrogens is 1. The smallest absolute Gasteiger partial charge is 0.409 e. The third-order valence-electron chi connectivity index (χ3n) is 6.07. The molecule has 2 heterocycles. The van der Waals surface area contributed by atoms with Crippen LogP contribution in [0, 0.1) is 0 Å². The van der Waals surface area contributed by atoms with Gasteiger partial charge in [-0.2, -0.15) is 0 Å². The van der Waals surface area contributed by atoms with Crippen molar-refractivity contribution in [3.63, 3.8) is 0 Å². The SMILES string of the molecule is CCOC(=O)N1CCC(NC(=O)C[NH+]2CCC[C@H]2c2ccc(OC)cc2OC)CC1. The number of methoxy groups -OCH3 is 2. The number of carbonyl (C=O) groups is 2. The van der Waals surface area contributed by atoms with E-state index in [0.29, 0.717) is 26.2 Å². The van der Waals surface area contributed by atoms with Gasteiger partial charge in [0.25, 0.3) is 5.91 Å². The van der Waals surface area contributed by atoms with E-state index in [9.17, 15) is 9.59 Å². The summed E-state index contributed by atoms with van der Waals surface area (Å²) in [5.41, 5.74) is 1.13. The number of amides is 2. The van der Waals surface area contributed by atoms with E-state index in [1.165, 1.54) is 4.90 Å². The molecule has 8 nitrogen and oxygen atoms in total. The Morgan fingerprint density at radius 1 is 1.17 bits per heavy atom. The maximum Gasteiger partial charge on any atom is 0.409 e. The summed E-state index contributed by atoms with van der Waals surface area (Å²) < 4.78 is 15.9. The molecule has 2 saturated heterocycles. The second kappa shape index (κ2) is 10.5. The topological polar surface area (TPSA) is 81.5 Å². The number of carbonyl (C=O) groups excluding carboxylic acids is 2. The van der Waals surface area contributed by atoms with Crippen molar-refractivity contribution in [3.05, 3.63) is 23.8 Å². The lowest BCUT2D eigenvalue weighted by Crippen LogP contribution is -3.11. The van der Waals surface area contributed by atoms with Crippen molar-refractivity contribution in [2.45, 2.75) is 44.7 Å². The zero-order chi connectivity index (χ0) is 21.5. The van der Waals surface area contributed by atoms with E-state index in [2.05, 4.69) is 11.4 Å². The second-order valence-electron chi connectivity index (χ2n) is 7.92. The Hall–Kier alpha value is -2.48. The van der Waals surface area contributed by atoms with Gasteiger partial charge in [-0.05, 0) is 31.9 Å². The molecule has 2 N–H and O–H groups in total. The molecule has 1 unspecified atom stereocenters. The lowest BCUT2D eigenvalue weighted by atomic mass is 10.0. The van der Waals surface area contributed by atoms with Crippen molar-refractivity contribution in [1.82, 2.24) is 10.2 Å². The first-order chi connectivity index (χ1) is 14.5. The highest BCUT2D eigenvalue weighted by Gasteiger charge is 2.34. The van der Waals surface area contributed by atoms with Crippen molar-refractivity contribution in [1.29, 1.82) is 0 Å². The minimum atomic E-state index is -0.264. The lowest BCUT2D eigenvalue weighted by Gasteiger charge is -2.32. The minimum Gasteiger partial charge on any atom is -0.497 e. The molecule has 0 aromatic heterocycles. The highest BCUT2D eigenvalue weighted by atomic mass is 16.6. The summed E-state index contributed by atoms with van der Waals surface area (Å²) in [7, 11) is 3.31. The van der Waals surface area contributed by atoms with Gasteiger partial charge in [0.1, 0.15) is 17.5 Å². The van der Waals surface area contributed by atoms with Gasteiger partial charge in [-0.15, -0.1) is 0 Å². The number of nitrogens with zero attached hydrogens (tertiary/aromatic N) is 1. The van der Waals surface area contributed by atoms with E-state index in [-0.39, 0.29) is 24.1 Å². The highest BCUT2D eigenvalue weighted by molar-refractivity contribution is 5.77. The van der Waals surface area contributed by atoms with Crippen LogP contribution < -0.4 is 19.7 Å². The molecule has 166 valence electrons. The van der Waals surface area contributed by atoms with Gasteiger partial charge in [0.2, 0.25) is 0 Å². The number of rotatable bonds is 7. The molecule has 0 aliphatic carbocycles. The summed E-state index contributed by atoms with van der Waals surface area (Å²) in [4.78, 5) is 27.5. The van der Waals surface area contributed by atoms with E-state index in [1.54, 1.807) is 26.0 Å². The molecule has 2 amide bonds. The van der Waals surface area contributed by atoms with Gasteiger partial charge in [0.05, 0.1) is 32.9 Å². The summed E-state index contributed by atoms with van der Waals surface area (Å²) in [5, 5.41) is 3.17. The molecule has 0 radical (unpaired) electrons. The molecule has 0 bridgehead atoms. The molecule has 8 heteroatoms. The first-order valence-electron chi connectivity index (χ1n) is 10.8. The summed E-state index contributed by atoms with van der Waals surface area (Å²) in [6, 6.07) is 6.26. The van der Waals surface area contributed by atoms with Crippen LogP contribution in [0.4, 0.5) is 4.79 Å². The number of nitrogens with one attached hydrogen (secondary N) is 2. The zero-order valence-corrected chi connectivity index (χ0v) is 18.2. The van der Waals surface area contributed by atoms with Crippen molar-refractivity contribution in [3.8, 4) is 11.5 Å². The average Bonchev–Trinajstić information content (AvgIpc) is 3.21. The maximum absolute atomic E-state index is 12.7. The molecule has 3 rings (SSSR count). The maximum atomic E-state index is 12.7. The summed E-state index contributed by atoms with van der Waals surface area (Å²) in [6.07, 6.45) is 3.37. The van der Waals surface area contributed by atoms with Gasteiger partial charge in [-0.25, -0.2) is 4.79 Å². The Balaban J connectivity index is 1.53. The highest BCUT2D eigenvalue weighted by Crippen LogP contribution is 2.31. The monoisotopic (exact) mass is 420 g/mol. The van der Waals surface area contributed by atoms with E-state index >= 15 is 0 Å². The van der Waals surface area contributed by atoms with Crippen molar-refractivity contribution in [2.24, 2.45) is 0 Å². The van der Waals surface area contributed by atoms with Crippen LogP contribution in [0.3, 0.4) is 0 Å².